The predicted molar refractivity (Wildman–Crippen MR) is 107 cm³/mol. The molecule has 0 bridgehead atoms. The van der Waals surface area contributed by atoms with Gasteiger partial charge >= 0.3 is 5.97 Å². The van der Waals surface area contributed by atoms with E-state index in [4.69, 9.17) is 9.84 Å². The molecule has 156 valence electrons. The van der Waals surface area contributed by atoms with Crippen molar-refractivity contribution in [1.82, 2.24) is 0 Å². The molecule has 28 heavy (non-hydrogen) atoms. The second-order valence-electron chi connectivity index (χ2n) is 7.64. The Morgan fingerprint density at radius 3 is 2.50 bits per heavy atom. The number of oxime groups is 1. The molecule has 0 aliphatic heterocycles. The highest BCUT2D eigenvalue weighted by Crippen LogP contribution is 2.37. The van der Waals surface area contributed by atoms with Crippen molar-refractivity contribution in [3.63, 3.8) is 0 Å². The average molecular weight is 393 g/mol. The third-order valence-electron chi connectivity index (χ3n) is 5.60. The van der Waals surface area contributed by atoms with E-state index in [0.717, 1.165) is 69.9 Å². The van der Waals surface area contributed by atoms with Crippen LogP contribution in [0.25, 0.3) is 0 Å². The third-order valence-corrected chi connectivity index (χ3v) is 5.60. The van der Waals surface area contributed by atoms with Crippen LogP contribution in [0.2, 0.25) is 0 Å². The lowest BCUT2D eigenvalue weighted by atomic mass is 9.86. The number of nitrogens with zero attached hydrogens (tertiary/aromatic N) is 1. The zero-order valence-corrected chi connectivity index (χ0v) is 16.5. The molecule has 1 saturated carbocycles. The molecule has 0 aromatic heterocycles. The smallest absolute Gasteiger partial charge is 0.303 e. The van der Waals surface area contributed by atoms with Gasteiger partial charge in [-0.1, -0.05) is 24.4 Å². The van der Waals surface area contributed by atoms with Crippen LogP contribution >= 0.6 is 0 Å². The minimum atomic E-state index is -0.719. The van der Waals surface area contributed by atoms with Gasteiger partial charge in [0.1, 0.15) is 11.6 Å². The first-order valence-corrected chi connectivity index (χ1v) is 10.4. The molecule has 1 aromatic rings. The summed E-state index contributed by atoms with van der Waals surface area (Å²) in [7, 11) is 0. The van der Waals surface area contributed by atoms with Crippen LogP contribution in [0.15, 0.2) is 29.4 Å². The van der Waals surface area contributed by atoms with Crippen LogP contribution in [0.1, 0.15) is 70.6 Å². The van der Waals surface area contributed by atoms with Crippen LogP contribution in [0.3, 0.4) is 0 Å². The molecule has 6 heteroatoms. The van der Waals surface area contributed by atoms with Crippen LogP contribution in [0.4, 0.5) is 4.39 Å². The molecule has 2 atom stereocenters. The molecule has 1 aromatic carbocycles. The second kappa shape index (κ2) is 12.4. The van der Waals surface area contributed by atoms with Crippen molar-refractivity contribution in [2.45, 2.75) is 70.6 Å². The van der Waals surface area contributed by atoms with Gasteiger partial charge in [-0.3, -0.25) is 4.79 Å². The van der Waals surface area contributed by atoms with E-state index in [2.05, 4.69) is 5.16 Å². The number of unbranched alkanes of at least 4 members (excludes halogenated alkanes) is 4. The van der Waals surface area contributed by atoms with E-state index < -0.39 is 5.97 Å². The maximum atomic E-state index is 12.9. The lowest BCUT2D eigenvalue weighted by Crippen LogP contribution is -2.15. The van der Waals surface area contributed by atoms with Gasteiger partial charge in [-0.2, -0.15) is 0 Å². The minimum absolute atomic E-state index is 0.257. The second-order valence-corrected chi connectivity index (χ2v) is 7.64. The van der Waals surface area contributed by atoms with Crippen LogP contribution < -0.4 is 4.74 Å². The molecule has 0 radical (unpaired) electrons. The number of carboxylic acid groups (broad SMARTS) is 1. The topological polar surface area (TPSA) is 79.1 Å². The first-order chi connectivity index (χ1) is 13.6. The van der Waals surface area contributed by atoms with Crippen molar-refractivity contribution in [3.05, 3.63) is 30.1 Å². The first kappa shape index (κ1) is 22.2. The molecule has 2 N–H and O–H groups in total. The SMILES string of the molecule is O=C(O)CCCCCC[C@H]1CC/C(=N/O)[C@@H]1CCCCOc1ccc(F)cc1. The molecule has 1 aliphatic carbocycles. The summed E-state index contributed by atoms with van der Waals surface area (Å²) in [5.74, 6) is 0.597. The van der Waals surface area contributed by atoms with Gasteiger partial charge in [-0.25, -0.2) is 4.39 Å². The van der Waals surface area contributed by atoms with E-state index in [1.54, 1.807) is 12.1 Å². The standard InChI is InChI=1S/C22H32FNO4/c23-18-11-13-19(14-12-18)28-16-6-5-8-20-17(10-15-21(20)24-27)7-3-1-2-4-9-22(25)26/h11-14,17,20,27H,1-10,15-16H2,(H,25,26)/b24-21-/t17-,20+/m0/s1. The number of halogens is 1. The summed E-state index contributed by atoms with van der Waals surface area (Å²) in [5.41, 5.74) is 0.926. The zero-order valence-electron chi connectivity index (χ0n) is 16.5. The number of carbonyl (C=O) groups is 1. The Labute approximate surface area is 166 Å². The van der Waals surface area contributed by atoms with E-state index in [0.29, 0.717) is 24.2 Å². The maximum absolute atomic E-state index is 12.9. The third kappa shape index (κ3) is 7.87. The van der Waals surface area contributed by atoms with Gasteiger partial charge in [0, 0.05) is 12.3 Å². The van der Waals surface area contributed by atoms with Crippen molar-refractivity contribution in [3.8, 4) is 5.75 Å². The lowest BCUT2D eigenvalue weighted by Gasteiger charge is -2.19. The quantitative estimate of drug-likeness (QED) is 0.258. The lowest BCUT2D eigenvalue weighted by molar-refractivity contribution is -0.137. The number of hydrogen-bond acceptors (Lipinski definition) is 4. The molecule has 0 unspecified atom stereocenters. The predicted octanol–water partition coefficient (Wildman–Crippen LogP) is 5.66. The van der Waals surface area contributed by atoms with Crippen LogP contribution in [-0.2, 0) is 4.79 Å². The number of hydrogen-bond donors (Lipinski definition) is 2. The van der Waals surface area contributed by atoms with Crippen molar-refractivity contribution in [2.24, 2.45) is 17.0 Å². The fourth-order valence-electron chi connectivity index (χ4n) is 4.09. The fraction of sp³-hybridized carbons (Fsp3) is 0.636. The van der Waals surface area contributed by atoms with E-state index >= 15 is 0 Å². The first-order valence-electron chi connectivity index (χ1n) is 10.4. The number of aliphatic carboxylic acids is 1. The van der Waals surface area contributed by atoms with Crippen LogP contribution in [0, 0.1) is 17.7 Å². The van der Waals surface area contributed by atoms with Crippen molar-refractivity contribution in [2.75, 3.05) is 6.61 Å². The molecule has 1 fully saturated rings. The number of carboxylic acids is 1. The van der Waals surface area contributed by atoms with E-state index in [1.807, 2.05) is 0 Å². The molecule has 0 saturated heterocycles. The van der Waals surface area contributed by atoms with Gasteiger partial charge in [0.25, 0.3) is 0 Å². The number of rotatable bonds is 13. The molecule has 1 aliphatic rings. The Hall–Kier alpha value is -2.11. The summed E-state index contributed by atoms with van der Waals surface area (Å²) in [6.45, 7) is 0.595. The van der Waals surface area contributed by atoms with Crippen molar-refractivity contribution in [1.29, 1.82) is 0 Å². The highest BCUT2D eigenvalue weighted by molar-refractivity contribution is 5.88. The summed E-state index contributed by atoms with van der Waals surface area (Å²) in [6, 6.07) is 6.05. The molecule has 0 spiro atoms. The zero-order chi connectivity index (χ0) is 20.2. The van der Waals surface area contributed by atoms with Crippen molar-refractivity contribution >= 4 is 11.7 Å². The average Bonchev–Trinajstić information content (AvgIpc) is 3.07. The highest BCUT2D eigenvalue weighted by Gasteiger charge is 2.32. The molecule has 5 nitrogen and oxygen atoms in total. The van der Waals surface area contributed by atoms with E-state index in [-0.39, 0.29) is 12.2 Å². The summed E-state index contributed by atoms with van der Waals surface area (Å²) in [5, 5.41) is 21.5. The molecular weight excluding hydrogens is 361 g/mol. The number of ether oxygens (including phenoxy) is 1. The minimum Gasteiger partial charge on any atom is -0.494 e. The van der Waals surface area contributed by atoms with Gasteiger partial charge in [0.2, 0.25) is 0 Å². The van der Waals surface area contributed by atoms with Crippen LogP contribution in [0.5, 0.6) is 5.75 Å². The summed E-state index contributed by atoms with van der Waals surface area (Å²) >= 11 is 0. The largest absolute Gasteiger partial charge is 0.494 e. The van der Waals surface area contributed by atoms with Gasteiger partial charge in [-0.05, 0) is 75.1 Å². The van der Waals surface area contributed by atoms with Gasteiger partial charge < -0.3 is 15.1 Å². The maximum Gasteiger partial charge on any atom is 0.303 e. The van der Waals surface area contributed by atoms with Gasteiger partial charge in [0.15, 0.2) is 0 Å². The molecule has 0 heterocycles. The monoisotopic (exact) mass is 393 g/mol. The Bertz CT molecular complexity index is 617. The van der Waals surface area contributed by atoms with E-state index in [9.17, 15) is 14.4 Å². The molecule has 2 rings (SSSR count). The Balaban J connectivity index is 1.64. The Morgan fingerprint density at radius 2 is 1.79 bits per heavy atom. The summed E-state index contributed by atoms with van der Waals surface area (Å²) in [4.78, 5) is 10.5. The van der Waals surface area contributed by atoms with E-state index in [1.165, 1.54) is 12.1 Å². The summed E-state index contributed by atoms with van der Waals surface area (Å²) in [6.07, 6.45) is 10.1. The Kier molecular flexibility index (Phi) is 9.80. The molecular formula is C22H32FNO4. The summed E-state index contributed by atoms with van der Waals surface area (Å²) < 4.78 is 18.5. The molecule has 0 amide bonds. The fourth-order valence-corrected chi connectivity index (χ4v) is 4.09. The van der Waals surface area contributed by atoms with Crippen LogP contribution in [-0.4, -0.2) is 28.6 Å². The van der Waals surface area contributed by atoms with Crippen molar-refractivity contribution < 1.29 is 24.2 Å². The van der Waals surface area contributed by atoms with Gasteiger partial charge in [-0.15, -0.1) is 0 Å². The highest BCUT2D eigenvalue weighted by atomic mass is 19.1. The Morgan fingerprint density at radius 1 is 1.07 bits per heavy atom. The van der Waals surface area contributed by atoms with Gasteiger partial charge in [0.05, 0.1) is 12.3 Å². The number of benzene rings is 1. The normalized spacial score (nSPS) is 20.5.